The van der Waals surface area contributed by atoms with E-state index in [-0.39, 0.29) is 0 Å². The van der Waals surface area contributed by atoms with Crippen molar-refractivity contribution in [2.75, 3.05) is 0 Å². The Morgan fingerprint density at radius 2 is 1.88 bits per heavy atom. The molecule has 1 aromatic rings. The highest BCUT2D eigenvalue weighted by Crippen LogP contribution is 2.21. The third-order valence-electron chi connectivity index (χ3n) is 2.29. The van der Waals surface area contributed by atoms with Crippen molar-refractivity contribution in [2.24, 2.45) is 5.73 Å². The zero-order chi connectivity index (χ0) is 11.7. The molecule has 2 rings (SSSR count). The highest BCUT2D eigenvalue weighted by molar-refractivity contribution is 6.15. The molecule has 6 heteroatoms. The highest BCUT2D eigenvalue weighted by Gasteiger charge is 2.41. The Morgan fingerprint density at radius 3 is 2.38 bits per heavy atom. The molecule has 1 saturated heterocycles. The van der Waals surface area contributed by atoms with Gasteiger partial charge >= 0.3 is 12.1 Å². The number of nitrogens with two attached hydrogens (primary N) is 1. The summed E-state index contributed by atoms with van der Waals surface area (Å²) in [4.78, 5) is 34.3. The number of primary amides is 1. The van der Waals surface area contributed by atoms with Gasteiger partial charge in [0, 0.05) is 0 Å². The van der Waals surface area contributed by atoms with Gasteiger partial charge in [-0.15, -0.1) is 0 Å². The fourth-order valence-corrected chi connectivity index (χ4v) is 1.56. The van der Waals surface area contributed by atoms with E-state index in [4.69, 9.17) is 5.73 Å². The Labute approximate surface area is 91.0 Å². The summed E-state index contributed by atoms with van der Waals surface area (Å²) in [6.45, 7) is 0. The van der Waals surface area contributed by atoms with E-state index in [1.165, 1.54) is 0 Å². The van der Waals surface area contributed by atoms with Gasteiger partial charge in [0.1, 0.15) is 6.04 Å². The smallest absolute Gasteiger partial charge is 0.333 e. The Kier molecular flexibility index (Phi) is 2.32. The predicted octanol–water partition coefficient (Wildman–Crippen LogP) is 0.358. The summed E-state index contributed by atoms with van der Waals surface area (Å²) < 4.78 is 0. The van der Waals surface area contributed by atoms with Crippen molar-refractivity contribution >= 4 is 18.0 Å². The fraction of sp³-hybridized carbons (Fsp3) is 0.100. The van der Waals surface area contributed by atoms with Gasteiger partial charge in [-0.3, -0.25) is 4.79 Å². The van der Waals surface area contributed by atoms with Crippen LogP contribution in [-0.2, 0) is 4.79 Å². The van der Waals surface area contributed by atoms with Crippen molar-refractivity contribution in [2.45, 2.75) is 6.04 Å². The van der Waals surface area contributed by atoms with E-state index in [2.05, 4.69) is 5.32 Å². The minimum atomic E-state index is -1.07. The molecule has 0 spiro atoms. The molecule has 82 valence electrons. The first kappa shape index (κ1) is 10.2. The maximum atomic E-state index is 11.7. The van der Waals surface area contributed by atoms with Gasteiger partial charge in [-0.1, -0.05) is 30.3 Å². The molecular formula is C10H9N3O3. The molecule has 1 atom stereocenters. The standard InChI is InChI=1S/C10H9N3O3/c11-9(15)13-8(14)7(12-10(13)16)6-4-2-1-3-5-6/h1-5,7H,(H2,11,15)(H,12,16)/t7-/m1/s1. The number of carbonyl (C=O) groups excluding carboxylic acids is 3. The Hall–Kier alpha value is -2.37. The van der Waals surface area contributed by atoms with E-state index >= 15 is 0 Å². The van der Waals surface area contributed by atoms with Crippen LogP contribution in [-0.4, -0.2) is 22.9 Å². The Balaban J connectivity index is 2.31. The van der Waals surface area contributed by atoms with Gasteiger partial charge in [-0.2, -0.15) is 4.90 Å². The highest BCUT2D eigenvalue weighted by atomic mass is 16.2. The van der Waals surface area contributed by atoms with E-state index < -0.39 is 24.0 Å². The van der Waals surface area contributed by atoms with Crippen LogP contribution in [0.25, 0.3) is 0 Å². The third-order valence-corrected chi connectivity index (χ3v) is 2.29. The third kappa shape index (κ3) is 1.50. The molecule has 16 heavy (non-hydrogen) atoms. The molecule has 0 bridgehead atoms. The number of rotatable bonds is 1. The molecule has 0 radical (unpaired) electrons. The average Bonchev–Trinajstić information content (AvgIpc) is 2.55. The van der Waals surface area contributed by atoms with Crippen LogP contribution in [0, 0.1) is 0 Å². The topological polar surface area (TPSA) is 92.5 Å². The van der Waals surface area contributed by atoms with Crippen LogP contribution in [0.1, 0.15) is 11.6 Å². The summed E-state index contributed by atoms with van der Waals surface area (Å²) in [7, 11) is 0. The number of benzene rings is 1. The fourth-order valence-electron chi connectivity index (χ4n) is 1.56. The van der Waals surface area contributed by atoms with E-state index in [0.717, 1.165) is 0 Å². The lowest BCUT2D eigenvalue weighted by Crippen LogP contribution is -2.40. The number of hydrogen-bond acceptors (Lipinski definition) is 3. The number of nitrogens with one attached hydrogen (secondary N) is 1. The van der Waals surface area contributed by atoms with E-state index in [1.54, 1.807) is 30.3 Å². The maximum absolute atomic E-state index is 11.7. The molecule has 3 N–H and O–H groups in total. The summed E-state index contributed by atoms with van der Waals surface area (Å²) in [6, 6.07) is 5.95. The van der Waals surface area contributed by atoms with Crippen LogP contribution in [0.2, 0.25) is 0 Å². The van der Waals surface area contributed by atoms with Crippen LogP contribution in [0.3, 0.4) is 0 Å². The van der Waals surface area contributed by atoms with Crippen molar-refractivity contribution in [3.05, 3.63) is 35.9 Å². The molecule has 1 aromatic carbocycles. The van der Waals surface area contributed by atoms with E-state index in [1.807, 2.05) is 0 Å². The monoisotopic (exact) mass is 219 g/mol. The second-order valence-corrected chi connectivity index (χ2v) is 3.31. The second-order valence-electron chi connectivity index (χ2n) is 3.31. The zero-order valence-electron chi connectivity index (χ0n) is 8.21. The maximum Gasteiger partial charge on any atom is 0.333 e. The van der Waals surface area contributed by atoms with Crippen LogP contribution in [0.4, 0.5) is 9.59 Å². The summed E-state index contributed by atoms with van der Waals surface area (Å²) in [5.41, 5.74) is 5.54. The summed E-state index contributed by atoms with van der Waals surface area (Å²) >= 11 is 0. The normalized spacial score (nSPS) is 19.8. The minimum absolute atomic E-state index is 0.400. The summed E-state index contributed by atoms with van der Waals surface area (Å²) in [6.07, 6.45) is 0. The predicted molar refractivity (Wildman–Crippen MR) is 54.1 cm³/mol. The van der Waals surface area contributed by atoms with Crippen molar-refractivity contribution in [3.63, 3.8) is 0 Å². The minimum Gasteiger partial charge on any atom is -0.351 e. The molecular weight excluding hydrogens is 210 g/mol. The lowest BCUT2D eigenvalue weighted by Gasteiger charge is -2.08. The quantitative estimate of drug-likeness (QED) is 0.668. The van der Waals surface area contributed by atoms with Gasteiger partial charge in [-0.25, -0.2) is 9.59 Å². The molecule has 0 saturated carbocycles. The summed E-state index contributed by atoms with van der Waals surface area (Å²) in [5.74, 6) is -0.649. The van der Waals surface area contributed by atoms with Crippen LogP contribution in [0.15, 0.2) is 30.3 Å². The molecule has 1 heterocycles. The SMILES string of the molecule is NC(=O)N1C(=O)N[C@H](c2ccccc2)C1=O. The molecule has 5 amide bonds. The second kappa shape index (κ2) is 3.65. The number of carbonyl (C=O) groups is 3. The molecule has 0 aromatic heterocycles. The van der Waals surface area contributed by atoms with Crippen molar-refractivity contribution in [3.8, 4) is 0 Å². The molecule has 0 aliphatic carbocycles. The summed E-state index contributed by atoms with van der Waals surface area (Å²) in [5, 5.41) is 2.39. The first-order chi connectivity index (χ1) is 7.61. The van der Waals surface area contributed by atoms with Crippen LogP contribution >= 0.6 is 0 Å². The van der Waals surface area contributed by atoms with Crippen molar-refractivity contribution in [1.82, 2.24) is 10.2 Å². The molecule has 1 fully saturated rings. The van der Waals surface area contributed by atoms with Crippen LogP contribution < -0.4 is 11.1 Å². The number of imide groups is 3. The largest absolute Gasteiger partial charge is 0.351 e. The molecule has 1 aliphatic rings. The van der Waals surface area contributed by atoms with Crippen molar-refractivity contribution in [1.29, 1.82) is 0 Å². The van der Waals surface area contributed by atoms with Gasteiger partial charge in [0.05, 0.1) is 0 Å². The zero-order valence-corrected chi connectivity index (χ0v) is 8.21. The lowest BCUT2D eigenvalue weighted by atomic mass is 10.1. The molecule has 0 unspecified atom stereocenters. The van der Waals surface area contributed by atoms with E-state index in [9.17, 15) is 14.4 Å². The van der Waals surface area contributed by atoms with Gasteiger partial charge in [0.15, 0.2) is 0 Å². The van der Waals surface area contributed by atoms with Gasteiger partial charge in [0.25, 0.3) is 5.91 Å². The van der Waals surface area contributed by atoms with Crippen molar-refractivity contribution < 1.29 is 14.4 Å². The van der Waals surface area contributed by atoms with Gasteiger partial charge in [-0.05, 0) is 5.56 Å². The first-order valence-corrected chi connectivity index (χ1v) is 4.60. The van der Waals surface area contributed by atoms with Gasteiger partial charge in [0.2, 0.25) is 0 Å². The number of hydrogen-bond donors (Lipinski definition) is 2. The van der Waals surface area contributed by atoms with Crippen LogP contribution in [0.5, 0.6) is 0 Å². The molecule has 1 aliphatic heterocycles. The average molecular weight is 219 g/mol. The number of urea groups is 2. The number of amides is 5. The number of nitrogens with zero attached hydrogens (tertiary/aromatic N) is 1. The van der Waals surface area contributed by atoms with E-state index in [0.29, 0.717) is 10.5 Å². The lowest BCUT2D eigenvalue weighted by molar-refractivity contribution is -0.125. The van der Waals surface area contributed by atoms with Gasteiger partial charge < -0.3 is 11.1 Å². The Morgan fingerprint density at radius 1 is 1.25 bits per heavy atom. The first-order valence-electron chi connectivity index (χ1n) is 4.60. The molecule has 6 nitrogen and oxygen atoms in total. The Bertz CT molecular complexity index is 458.